The lowest BCUT2D eigenvalue weighted by molar-refractivity contribution is -0.141. The minimum Gasteiger partial charge on any atom is -0.412 e. The molecule has 3 aromatic rings. The van der Waals surface area contributed by atoms with Crippen molar-refractivity contribution in [2.24, 2.45) is 5.92 Å². The Kier molecular flexibility index (Phi) is 9.34. The number of nitrogens with zero attached hydrogens (tertiary/aromatic N) is 2. The number of carbonyl (C=O) groups is 2. The third-order valence-electron chi connectivity index (χ3n) is 8.68. The van der Waals surface area contributed by atoms with E-state index in [0.717, 1.165) is 21.7 Å². The summed E-state index contributed by atoms with van der Waals surface area (Å²) in [6.45, 7) is 18.9. The molecule has 0 spiro atoms. The lowest BCUT2D eigenvalue weighted by Crippen LogP contribution is -2.48. The molecule has 0 saturated carbocycles. The van der Waals surface area contributed by atoms with Gasteiger partial charge < -0.3 is 19.2 Å². The van der Waals surface area contributed by atoms with Gasteiger partial charge in [0.15, 0.2) is 14.1 Å². The molecule has 2 unspecified atom stereocenters. The van der Waals surface area contributed by atoms with Crippen LogP contribution in [0.4, 0.5) is 0 Å². The first-order chi connectivity index (χ1) is 19.6. The highest BCUT2D eigenvalue weighted by molar-refractivity contribution is 7.13. The van der Waals surface area contributed by atoms with Crippen molar-refractivity contribution in [2.45, 2.75) is 97.1 Å². The van der Waals surface area contributed by atoms with Crippen LogP contribution in [0.5, 0.6) is 0 Å². The van der Waals surface area contributed by atoms with Gasteiger partial charge in [0.25, 0.3) is 5.56 Å². The molecule has 4 atom stereocenters. The fourth-order valence-electron chi connectivity index (χ4n) is 5.23. The monoisotopic (exact) mass is 612 g/mol. The molecule has 0 bridgehead atoms. The van der Waals surface area contributed by atoms with Crippen molar-refractivity contribution in [3.63, 3.8) is 0 Å². The number of nitrogens with one attached hydrogen (secondary N) is 2. The topological polar surface area (TPSA) is 118 Å². The van der Waals surface area contributed by atoms with Crippen molar-refractivity contribution in [1.29, 1.82) is 0 Å². The summed E-state index contributed by atoms with van der Waals surface area (Å²) in [6, 6.07) is 8.47. The van der Waals surface area contributed by atoms with Crippen LogP contribution in [0.15, 0.2) is 45.2 Å². The van der Waals surface area contributed by atoms with Crippen LogP contribution >= 0.6 is 11.3 Å². The molecule has 4 rings (SSSR count). The molecule has 1 fully saturated rings. The SMILES string of the molecule is Cc1ncsc1-c1ccc(C(C)NC(=O)[C@@H]2C[C@@H](O[Si](C)(C)C(C)(C)C)CN2C(=O)C(c2cc(=O)[nH]o2)C(C)C)cc1. The molecule has 2 amide bonds. The van der Waals surface area contributed by atoms with E-state index in [1.165, 1.54) is 6.07 Å². The Morgan fingerprint density at radius 2 is 1.86 bits per heavy atom. The van der Waals surface area contributed by atoms with E-state index in [-0.39, 0.29) is 40.7 Å². The standard InChI is InChI=1S/C31H44N4O5SSi/c1-18(2)27(25-15-26(36)34-39-25)30(38)35-16-23(40-42(8,9)31(5,6)7)14-24(35)29(37)33-19(3)21-10-12-22(13-11-21)28-20(4)32-17-41-28/h10-13,15,17-19,23-24,27H,14,16H2,1-9H3,(H,33,37)(H,34,36)/t19?,23-,24+,27?/m1/s1. The number of likely N-dealkylation sites (tertiary alicyclic amines) is 1. The number of amides is 2. The highest BCUT2D eigenvalue weighted by atomic mass is 32.1. The summed E-state index contributed by atoms with van der Waals surface area (Å²) in [5.41, 5.74) is 4.49. The molecule has 42 heavy (non-hydrogen) atoms. The first kappa shape index (κ1) is 31.9. The molecule has 9 nitrogen and oxygen atoms in total. The van der Waals surface area contributed by atoms with E-state index in [4.69, 9.17) is 8.95 Å². The number of rotatable bonds is 9. The molecule has 0 radical (unpaired) electrons. The Morgan fingerprint density at radius 3 is 2.38 bits per heavy atom. The molecule has 1 aliphatic rings. The van der Waals surface area contributed by atoms with Crippen molar-refractivity contribution in [2.75, 3.05) is 6.54 Å². The Morgan fingerprint density at radius 1 is 1.19 bits per heavy atom. The van der Waals surface area contributed by atoms with E-state index in [2.05, 4.69) is 49.3 Å². The van der Waals surface area contributed by atoms with Gasteiger partial charge in [0.1, 0.15) is 12.0 Å². The van der Waals surface area contributed by atoms with Crippen LogP contribution < -0.4 is 10.9 Å². The van der Waals surface area contributed by atoms with Crippen LogP contribution in [-0.2, 0) is 14.0 Å². The van der Waals surface area contributed by atoms with Gasteiger partial charge in [0.2, 0.25) is 11.8 Å². The maximum Gasteiger partial charge on any atom is 0.280 e. The van der Waals surface area contributed by atoms with Gasteiger partial charge in [-0.05, 0) is 49.0 Å². The molecule has 2 N–H and O–H groups in total. The molecule has 2 aromatic heterocycles. The average Bonchev–Trinajstić information content (AvgIpc) is 3.63. The number of carbonyl (C=O) groups excluding carboxylic acids is 2. The third-order valence-corrected chi connectivity index (χ3v) is 14.2. The Hall–Kier alpha value is -3.02. The van der Waals surface area contributed by atoms with Gasteiger partial charge in [0, 0.05) is 19.0 Å². The molecular weight excluding hydrogens is 569 g/mol. The van der Waals surface area contributed by atoms with Gasteiger partial charge in [-0.3, -0.25) is 14.4 Å². The number of aryl methyl sites for hydroxylation is 1. The zero-order valence-electron chi connectivity index (χ0n) is 26.1. The minimum absolute atomic E-state index is 0.0183. The van der Waals surface area contributed by atoms with Gasteiger partial charge in [-0.2, -0.15) is 5.16 Å². The van der Waals surface area contributed by atoms with Gasteiger partial charge in [-0.25, -0.2) is 4.98 Å². The van der Waals surface area contributed by atoms with Crippen molar-refractivity contribution in [3.8, 4) is 10.4 Å². The van der Waals surface area contributed by atoms with E-state index < -0.39 is 25.8 Å². The second kappa shape index (κ2) is 12.3. The van der Waals surface area contributed by atoms with Gasteiger partial charge in [-0.15, -0.1) is 11.3 Å². The molecule has 1 saturated heterocycles. The molecule has 1 aromatic carbocycles. The Bertz CT molecular complexity index is 1450. The van der Waals surface area contributed by atoms with E-state index in [1.807, 2.05) is 57.5 Å². The normalized spacial score (nSPS) is 19.2. The predicted molar refractivity (Wildman–Crippen MR) is 168 cm³/mol. The van der Waals surface area contributed by atoms with Crippen LogP contribution in [0.2, 0.25) is 18.1 Å². The van der Waals surface area contributed by atoms with Crippen molar-refractivity contribution < 1.29 is 18.5 Å². The molecule has 1 aliphatic heterocycles. The quantitative estimate of drug-likeness (QED) is 0.286. The van der Waals surface area contributed by atoms with Gasteiger partial charge in [0.05, 0.1) is 28.2 Å². The average molecular weight is 613 g/mol. The molecule has 3 heterocycles. The number of hydrogen-bond acceptors (Lipinski definition) is 7. The summed E-state index contributed by atoms with van der Waals surface area (Å²) in [4.78, 5) is 46.9. The Labute approximate surface area is 253 Å². The van der Waals surface area contributed by atoms with Crippen molar-refractivity contribution >= 4 is 31.5 Å². The van der Waals surface area contributed by atoms with Crippen LogP contribution in [-0.4, -0.2) is 53.9 Å². The predicted octanol–water partition coefficient (Wildman–Crippen LogP) is 6.01. The molecular formula is C31H44N4O5SSi. The summed E-state index contributed by atoms with van der Waals surface area (Å²) in [5, 5.41) is 5.43. The highest BCUT2D eigenvalue weighted by Gasteiger charge is 2.47. The number of benzene rings is 1. The fraction of sp³-hybridized carbons (Fsp3) is 0.548. The van der Waals surface area contributed by atoms with Gasteiger partial charge >= 0.3 is 0 Å². The highest BCUT2D eigenvalue weighted by Crippen LogP contribution is 2.40. The first-order valence-corrected chi connectivity index (χ1v) is 18.4. The number of aromatic amines is 1. The number of H-pyrrole nitrogens is 1. The molecule has 228 valence electrons. The third kappa shape index (κ3) is 6.79. The maximum atomic E-state index is 14.1. The molecule has 0 aliphatic carbocycles. The second-order valence-electron chi connectivity index (χ2n) is 13.2. The van der Waals surface area contributed by atoms with Crippen molar-refractivity contribution in [3.05, 3.63) is 63.2 Å². The zero-order chi connectivity index (χ0) is 31.0. The van der Waals surface area contributed by atoms with Crippen molar-refractivity contribution in [1.82, 2.24) is 20.4 Å². The Balaban J connectivity index is 1.57. The smallest absolute Gasteiger partial charge is 0.280 e. The van der Waals surface area contributed by atoms with Crippen LogP contribution in [0.3, 0.4) is 0 Å². The van der Waals surface area contributed by atoms with E-state index in [9.17, 15) is 14.4 Å². The summed E-state index contributed by atoms with van der Waals surface area (Å²) < 4.78 is 12.1. The lowest BCUT2D eigenvalue weighted by Gasteiger charge is -2.38. The van der Waals surface area contributed by atoms with E-state index >= 15 is 0 Å². The number of hydrogen-bond donors (Lipinski definition) is 2. The van der Waals surface area contributed by atoms with Gasteiger partial charge in [-0.1, -0.05) is 58.9 Å². The number of aromatic nitrogens is 2. The van der Waals surface area contributed by atoms with Crippen LogP contribution in [0, 0.1) is 12.8 Å². The second-order valence-corrected chi connectivity index (χ2v) is 18.8. The van der Waals surface area contributed by atoms with Crippen LogP contribution in [0.1, 0.15) is 76.9 Å². The van der Waals surface area contributed by atoms with E-state index in [0.29, 0.717) is 13.0 Å². The zero-order valence-corrected chi connectivity index (χ0v) is 27.9. The van der Waals surface area contributed by atoms with Crippen LogP contribution in [0.25, 0.3) is 10.4 Å². The number of thiazole rings is 1. The summed E-state index contributed by atoms with van der Waals surface area (Å²) >= 11 is 1.60. The van der Waals surface area contributed by atoms with E-state index in [1.54, 1.807) is 16.2 Å². The summed E-state index contributed by atoms with van der Waals surface area (Å²) in [5.74, 6) is -1.05. The fourth-order valence-corrected chi connectivity index (χ4v) is 7.40. The largest absolute Gasteiger partial charge is 0.412 e. The lowest BCUT2D eigenvalue weighted by atomic mass is 9.91. The minimum atomic E-state index is -2.16. The molecule has 11 heteroatoms. The summed E-state index contributed by atoms with van der Waals surface area (Å²) in [6.07, 6.45) is 0.135. The summed E-state index contributed by atoms with van der Waals surface area (Å²) in [7, 11) is -2.16. The first-order valence-electron chi connectivity index (χ1n) is 14.6. The maximum absolute atomic E-state index is 14.1.